The van der Waals surface area contributed by atoms with Crippen LogP contribution in [-0.2, 0) is 10.1 Å². The lowest BCUT2D eigenvalue weighted by molar-refractivity contribution is 0.484. The van der Waals surface area contributed by atoms with Gasteiger partial charge in [-0.1, -0.05) is 41.4 Å². The molecule has 0 aromatic heterocycles. The van der Waals surface area contributed by atoms with E-state index in [2.05, 4.69) is 0 Å². The molecule has 0 heterocycles. The van der Waals surface area contributed by atoms with Gasteiger partial charge in [0, 0.05) is 0 Å². The van der Waals surface area contributed by atoms with Gasteiger partial charge in [0.1, 0.15) is 10.6 Å². The number of halogens is 2. The fourth-order valence-electron chi connectivity index (χ4n) is 1.45. The van der Waals surface area contributed by atoms with Gasteiger partial charge in [0.2, 0.25) is 0 Å². The summed E-state index contributed by atoms with van der Waals surface area (Å²) in [6.45, 7) is 1.76. The van der Waals surface area contributed by atoms with Gasteiger partial charge in [-0.25, -0.2) is 0 Å². The van der Waals surface area contributed by atoms with Crippen LogP contribution in [0.1, 0.15) is 5.56 Å². The smallest absolute Gasteiger partial charge is 0.339 e. The van der Waals surface area contributed by atoms with Gasteiger partial charge in [0.15, 0.2) is 0 Å². The van der Waals surface area contributed by atoms with Crippen LogP contribution in [0, 0.1) is 6.92 Å². The molecule has 0 bridgehead atoms. The molecule has 19 heavy (non-hydrogen) atoms. The van der Waals surface area contributed by atoms with E-state index in [1.165, 1.54) is 18.2 Å². The predicted octanol–water partition coefficient (Wildman–Crippen LogP) is 4.07. The fourth-order valence-corrected chi connectivity index (χ4v) is 2.83. The first-order chi connectivity index (χ1) is 8.90. The summed E-state index contributed by atoms with van der Waals surface area (Å²) in [4.78, 5) is -0.0369. The summed E-state index contributed by atoms with van der Waals surface area (Å²) in [5.41, 5.74) is 0.728. The summed E-state index contributed by atoms with van der Waals surface area (Å²) in [7, 11) is -3.92. The van der Waals surface area contributed by atoms with Crippen LogP contribution in [0.5, 0.6) is 5.75 Å². The molecule has 0 aliphatic rings. The molecular weight excluding hydrogens is 307 g/mol. The first-order valence-electron chi connectivity index (χ1n) is 5.35. The zero-order valence-electron chi connectivity index (χ0n) is 9.93. The van der Waals surface area contributed by atoms with Crippen molar-refractivity contribution in [2.24, 2.45) is 0 Å². The number of benzene rings is 2. The molecule has 0 N–H and O–H groups in total. The minimum Gasteiger partial charge on any atom is -0.379 e. The Morgan fingerprint density at radius 1 is 1.00 bits per heavy atom. The molecule has 0 aliphatic carbocycles. The second-order valence-corrected chi connectivity index (χ2v) is 6.24. The topological polar surface area (TPSA) is 43.4 Å². The predicted molar refractivity (Wildman–Crippen MR) is 75.5 cm³/mol. The van der Waals surface area contributed by atoms with Crippen LogP contribution < -0.4 is 4.18 Å². The summed E-state index contributed by atoms with van der Waals surface area (Å²) in [6.07, 6.45) is 0. The molecule has 2 rings (SSSR count). The molecular formula is C13H10Cl2O3S. The highest BCUT2D eigenvalue weighted by Gasteiger charge is 2.18. The van der Waals surface area contributed by atoms with E-state index in [9.17, 15) is 8.42 Å². The van der Waals surface area contributed by atoms with Gasteiger partial charge in [-0.15, -0.1) is 0 Å². The van der Waals surface area contributed by atoms with Gasteiger partial charge in [-0.2, -0.15) is 8.42 Å². The normalized spacial score (nSPS) is 11.3. The molecule has 3 nitrogen and oxygen atoms in total. The number of hydrogen-bond acceptors (Lipinski definition) is 3. The molecule has 2 aromatic rings. The number of rotatable bonds is 3. The van der Waals surface area contributed by atoms with Crippen molar-refractivity contribution in [3.05, 3.63) is 58.1 Å². The maximum absolute atomic E-state index is 12.1. The third-order valence-corrected chi connectivity index (χ3v) is 4.44. The van der Waals surface area contributed by atoms with Gasteiger partial charge >= 0.3 is 10.1 Å². The van der Waals surface area contributed by atoms with E-state index in [0.29, 0.717) is 0 Å². The van der Waals surface area contributed by atoms with Crippen molar-refractivity contribution in [1.82, 2.24) is 0 Å². The fraction of sp³-hybridized carbons (Fsp3) is 0.0769. The van der Waals surface area contributed by atoms with Crippen LogP contribution in [-0.4, -0.2) is 8.42 Å². The average Bonchev–Trinajstić information content (AvgIpc) is 2.35. The van der Waals surface area contributed by atoms with Gasteiger partial charge in [-0.3, -0.25) is 0 Å². The van der Waals surface area contributed by atoms with Crippen LogP contribution in [0.3, 0.4) is 0 Å². The third-order valence-electron chi connectivity index (χ3n) is 2.47. The first-order valence-corrected chi connectivity index (χ1v) is 7.52. The van der Waals surface area contributed by atoms with E-state index in [0.717, 1.165) is 5.56 Å². The molecule has 100 valence electrons. The first kappa shape index (κ1) is 14.2. The summed E-state index contributed by atoms with van der Waals surface area (Å²) in [6, 6.07) is 10.9. The van der Waals surface area contributed by atoms with E-state index in [1.54, 1.807) is 31.2 Å². The largest absolute Gasteiger partial charge is 0.379 e. The minimum atomic E-state index is -3.92. The van der Waals surface area contributed by atoms with E-state index in [1.807, 2.05) is 0 Å². The Balaban J connectivity index is 2.38. The van der Waals surface area contributed by atoms with Gasteiger partial charge in [-0.05, 0) is 36.8 Å². The average molecular weight is 317 g/mol. The van der Waals surface area contributed by atoms with E-state index < -0.39 is 10.1 Å². The van der Waals surface area contributed by atoms with Crippen molar-refractivity contribution in [3.63, 3.8) is 0 Å². The van der Waals surface area contributed by atoms with Crippen LogP contribution in [0.2, 0.25) is 10.0 Å². The van der Waals surface area contributed by atoms with Crippen molar-refractivity contribution >= 4 is 33.3 Å². The van der Waals surface area contributed by atoms with Crippen molar-refractivity contribution in [2.75, 3.05) is 0 Å². The molecule has 0 fully saturated rings. The third kappa shape index (κ3) is 3.21. The van der Waals surface area contributed by atoms with Gasteiger partial charge < -0.3 is 4.18 Å². The number of hydrogen-bond donors (Lipinski definition) is 0. The second-order valence-electron chi connectivity index (χ2n) is 3.88. The molecule has 0 unspecified atom stereocenters. The zero-order chi connectivity index (χ0) is 14.0. The van der Waals surface area contributed by atoms with E-state index >= 15 is 0 Å². The lowest BCUT2D eigenvalue weighted by atomic mass is 10.2. The van der Waals surface area contributed by atoms with Crippen LogP contribution in [0.25, 0.3) is 0 Å². The molecule has 2 aromatic carbocycles. The van der Waals surface area contributed by atoms with E-state index in [4.69, 9.17) is 27.4 Å². The van der Waals surface area contributed by atoms with Crippen molar-refractivity contribution in [3.8, 4) is 5.75 Å². The van der Waals surface area contributed by atoms with Crippen molar-refractivity contribution < 1.29 is 12.6 Å². The molecule has 0 amide bonds. The molecule has 0 saturated heterocycles. The minimum absolute atomic E-state index is 0.0369. The Labute approximate surface area is 121 Å². The molecule has 6 heteroatoms. The monoisotopic (exact) mass is 316 g/mol. The van der Waals surface area contributed by atoms with Gasteiger partial charge in [0.05, 0.1) is 10.0 Å². The highest BCUT2D eigenvalue weighted by molar-refractivity contribution is 7.87. The standard InChI is InChI=1S/C13H10Cl2O3S/c1-9-4-2-3-5-13(9)18-19(16,17)10-6-7-11(14)12(15)8-10/h2-8H,1H3. The van der Waals surface area contributed by atoms with Crippen LogP contribution in [0.4, 0.5) is 0 Å². The number of aryl methyl sites for hydroxylation is 1. The van der Waals surface area contributed by atoms with E-state index in [-0.39, 0.29) is 20.7 Å². The Kier molecular flexibility index (Phi) is 4.04. The van der Waals surface area contributed by atoms with Crippen molar-refractivity contribution in [2.45, 2.75) is 11.8 Å². The Morgan fingerprint density at radius 2 is 1.68 bits per heavy atom. The summed E-state index contributed by atoms with van der Waals surface area (Å²) in [5, 5.41) is 0.452. The maximum atomic E-state index is 12.1. The molecule has 0 atom stereocenters. The van der Waals surface area contributed by atoms with Crippen molar-refractivity contribution in [1.29, 1.82) is 0 Å². The molecule has 0 aliphatic heterocycles. The second kappa shape index (κ2) is 5.41. The molecule has 0 radical (unpaired) electrons. The summed E-state index contributed by atoms with van der Waals surface area (Å²) in [5.74, 6) is 0.286. The van der Waals surface area contributed by atoms with Crippen LogP contribution >= 0.6 is 23.2 Å². The lowest BCUT2D eigenvalue weighted by Crippen LogP contribution is -2.10. The summed E-state index contributed by atoms with van der Waals surface area (Å²) < 4.78 is 29.3. The highest BCUT2D eigenvalue weighted by atomic mass is 35.5. The lowest BCUT2D eigenvalue weighted by Gasteiger charge is -2.09. The SMILES string of the molecule is Cc1ccccc1OS(=O)(=O)c1ccc(Cl)c(Cl)c1. The molecule has 0 spiro atoms. The Morgan fingerprint density at radius 3 is 2.32 bits per heavy atom. The maximum Gasteiger partial charge on any atom is 0.339 e. The Bertz CT molecular complexity index is 712. The Hall–Kier alpha value is -1.23. The van der Waals surface area contributed by atoms with Gasteiger partial charge in [0.25, 0.3) is 0 Å². The number of para-hydroxylation sites is 1. The quantitative estimate of drug-likeness (QED) is 0.802. The zero-order valence-corrected chi connectivity index (χ0v) is 12.3. The van der Waals surface area contributed by atoms with Crippen LogP contribution in [0.15, 0.2) is 47.4 Å². The summed E-state index contributed by atoms with van der Waals surface area (Å²) >= 11 is 11.6. The highest BCUT2D eigenvalue weighted by Crippen LogP contribution is 2.27. The molecule has 0 saturated carbocycles.